The van der Waals surface area contributed by atoms with Crippen LogP contribution in [0.3, 0.4) is 0 Å². The number of nitrogens with zero attached hydrogens (tertiary/aromatic N) is 3. The average Bonchev–Trinajstić information content (AvgIpc) is 3.66. The molecule has 0 aliphatic carbocycles. The zero-order valence-electron chi connectivity index (χ0n) is 41.2. The second-order valence-electron chi connectivity index (χ2n) is 17.6. The SMILES string of the molecule is CCCCOC(=O)c1ccc(N)cc1.Cc1cc(C=Cc2ccc3cc(N(C)C)ccc3[n+]2C)c(C)n1-c1ccccc1.O=C(O)c1cc2ccccc2c(Cc2c(O)c(C(=O)O)cc3ccccc23)c1[O-]. The lowest BCUT2D eigenvalue weighted by molar-refractivity contribution is -0.646. The van der Waals surface area contributed by atoms with Gasteiger partial charge in [0.1, 0.15) is 18.4 Å². The van der Waals surface area contributed by atoms with E-state index in [1.807, 2.05) is 0 Å². The molecule has 0 fully saturated rings. The molecular formula is C60H58N4O8. The highest BCUT2D eigenvalue weighted by Gasteiger charge is 2.21. The van der Waals surface area contributed by atoms with Gasteiger partial charge >= 0.3 is 17.9 Å². The fourth-order valence-corrected chi connectivity index (χ4v) is 8.64. The van der Waals surface area contributed by atoms with E-state index in [0.717, 1.165) is 12.8 Å². The van der Waals surface area contributed by atoms with Gasteiger partial charge in [-0.2, -0.15) is 4.57 Å². The van der Waals surface area contributed by atoms with Crippen LogP contribution in [0, 0.1) is 13.8 Å². The number of ether oxygens (including phenoxy) is 1. The molecule has 0 aliphatic rings. The van der Waals surface area contributed by atoms with E-state index in [1.54, 1.807) is 72.8 Å². The van der Waals surface area contributed by atoms with Gasteiger partial charge in [-0.25, -0.2) is 14.4 Å². The third-order valence-corrected chi connectivity index (χ3v) is 12.6. The third kappa shape index (κ3) is 11.4. The maximum absolute atomic E-state index is 12.9. The van der Waals surface area contributed by atoms with Crippen LogP contribution >= 0.6 is 0 Å². The van der Waals surface area contributed by atoms with Crippen LogP contribution in [0.1, 0.15) is 84.6 Å². The first kappa shape index (κ1) is 51.0. The monoisotopic (exact) mass is 962 g/mol. The summed E-state index contributed by atoms with van der Waals surface area (Å²) in [5.41, 5.74) is 15.1. The van der Waals surface area contributed by atoms with Crippen LogP contribution < -0.4 is 20.3 Å². The minimum absolute atomic E-state index is 0.103. The van der Waals surface area contributed by atoms with Crippen LogP contribution in [0.2, 0.25) is 0 Å². The summed E-state index contributed by atoms with van der Waals surface area (Å²) in [5, 5.41) is 46.1. The van der Waals surface area contributed by atoms with Crippen molar-refractivity contribution in [2.75, 3.05) is 31.3 Å². The highest BCUT2D eigenvalue weighted by atomic mass is 16.5. The summed E-state index contributed by atoms with van der Waals surface area (Å²) in [5.74, 6) is -3.99. The van der Waals surface area contributed by atoms with Gasteiger partial charge < -0.3 is 40.4 Å². The molecule has 0 amide bonds. The zero-order chi connectivity index (χ0) is 51.6. The molecule has 0 saturated carbocycles. The Bertz CT molecular complexity index is 3370. The van der Waals surface area contributed by atoms with Crippen LogP contribution in [0.15, 0.2) is 152 Å². The fraction of sp³-hybridized carbons (Fsp3) is 0.167. The lowest BCUT2D eigenvalue weighted by Crippen LogP contribution is -2.32. The second kappa shape index (κ2) is 22.7. The van der Waals surface area contributed by atoms with E-state index in [4.69, 9.17) is 10.5 Å². The number of aromatic hydroxyl groups is 1. The van der Waals surface area contributed by atoms with Gasteiger partial charge in [-0.15, -0.1) is 0 Å². The first-order chi connectivity index (χ1) is 34.6. The first-order valence-corrected chi connectivity index (χ1v) is 23.5. The predicted molar refractivity (Wildman–Crippen MR) is 285 cm³/mol. The molecule has 0 radical (unpaired) electrons. The Kier molecular flexibility index (Phi) is 16.1. The second-order valence-corrected chi connectivity index (χ2v) is 17.6. The van der Waals surface area contributed by atoms with E-state index in [-0.39, 0.29) is 34.6 Å². The van der Waals surface area contributed by atoms with Crippen LogP contribution in [-0.4, -0.2) is 58.5 Å². The Balaban J connectivity index is 0.000000169. The van der Waals surface area contributed by atoms with Gasteiger partial charge in [0, 0.05) is 78.1 Å². The molecule has 0 unspecified atom stereocenters. The minimum atomic E-state index is -1.34. The maximum Gasteiger partial charge on any atom is 0.339 e. The summed E-state index contributed by atoms with van der Waals surface area (Å²) in [6.45, 7) is 6.88. The number of anilines is 2. The summed E-state index contributed by atoms with van der Waals surface area (Å²) in [6, 6.07) is 47.0. The summed E-state index contributed by atoms with van der Waals surface area (Å²) in [7, 11) is 6.28. The number of aromatic nitrogens is 2. The average molecular weight is 963 g/mol. The number of carboxylic acids is 2. The molecule has 0 bridgehead atoms. The van der Waals surface area contributed by atoms with Crippen molar-refractivity contribution in [3.63, 3.8) is 0 Å². The number of aryl methyl sites for hydroxylation is 2. The van der Waals surface area contributed by atoms with Crippen molar-refractivity contribution in [1.82, 2.24) is 4.57 Å². The summed E-state index contributed by atoms with van der Waals surface area (Å²) < 4.78 is 9.59. The number of aromatic carboxylic acids is 2. The standard InChI is InChI=1S/C26H28N3.C23H16O6.C11H15NO2/c1-19-17-21(20(2)29(19)24-9-7-6-8-10-24)11-13-23-14-12-22-18-25(27(3)4)15-16-26(22)28(23)5;24-20-16(14-7-3-1-5-12(14)9-18(20)22(26)27)11-17-15-8-4-2-6-13(15)10-19(21(17)25)23(28)29;1-2-3-8-14-11(13)9-4-6-10(12)7-5-9/h6-18H,1-5H3;1-10,24-25H,11H2,(H,26,27)(H,28,29);4-7H,2-3,8,12H2,1H3/q+1;;/p-1. The number of para-hydroxylation sites is 1. The molecule has 2 heterocycles. The number of rotatable bonds is 12. The van der Waals surface area contributed by atoms with E-state index in [2.05, 4.69) is 135 Å². The summed E-state index contributed by atoms with van der Waals surface area (Å²) in [4.78, 5) is 36.7. The Morgan fingerprint density at radius 1 is 0.722 bits per heavy atom. The van der Waals surface area contributed by atoms with E-state index in [9.17, 15) is 34.8 Å². The van der Waals surface area contributed by atoms with Crippen molar-refractivity contribution >= 4 is 73.9 Å². The number of nitrogen functional groups attached to an aromatic ring is 1. The van der Waals surface area contributed by atoms with Crippen molar-refractivity contribution in [2.24, 2.45) is 7.05 Å². The number of carbonyl (C=O) groups excluding carboxylic acids is 1. The molecule has 0 saturated heterocycles. The van der Waals surface area contributed by atoms with Gasteiger partial charge in [0.15, 0.2) is 0 Å². The Hall–Kier alpha value is -8.90. The van der Waals surface area contributed by atoms with Crippen molar-refractivity contribution < 1.29 is 44.1 Å². The molecule has 12 nitrogen and oxygen atoms in total. The fourth-order valence-electron chi connectivity index (χ4n) is 8.64. The third-order valence-electron chi connectivity index (χ3n) is 12.6. The van der Waals surface area contributed by atoms with Crippen LogP contribution in [0.4, 0.5) is 11.4 Å². The Labute approximate surface area is 418 Å². The minimum Gasteiger partial charge on any atom is -0.872 e. The van der Waals surface area contributed by atoms with E-state index < -0.39 is 23.4 Å². The molecule has 2 aromatic heterocycles. The number of nitrogens with two attached hydrogens (primary N) is 1. The van der Waals surface area contributed by atoms with E-state index in [0.29, 0.717) is 39.4 Å². The van der Waals surface area contributed by atoms with Crippen molar-refractivity contribution in [1.29, 1.82) is 0 Å². The molecule has 9 rings (SSSR count). The molecule has 12 heteroatoms. The van der Waals surface area contributed by atoms with Gasteiger partial charge in [-0.05, 0) is 132 Å². The smallest absolute Gasteiger partial charge is 0.339 e. The Morgan fingerprint density at radius 3 is 1.96 bits per heavy atom. The highest BCUT2D eigenvalue weighted by molar-refractivity contribution is 6.02. The molecule has 0 aliphatic heterocycles. The van der Waals surface area contributed by atoms with Gasteiger partial charge in [0.2, 0.25) is 11.2 Å². The molecule has 9 aromatic rings. The lowest BCUT2D eigenvalue weighted by Gasteiger charge is -2.21. The number of benzene rings is 7. The van der Waals surface area contributed by atoms with Crippen molar-refractivity contribution in [3.05, 3.63) is 202 Å². The number of unbranched alkanes of at least 4 members (excludes halogenated alkanes) is 1. The van der Waals surface area contributed by atoms with Crippen LogP contribution in [-0.2, 0) is 18.2 Å². The number of esters is 1. The number of phenols is 1. The van der Waals surface area contributed by atoms with Gasteiger partial charge in [-0.3, -0.25) is 0 Å². The molecule has 366 valence electrons. The lowest BCUT2D eigenvalue weighted by atomic mass is 9.90. The number of hydrogen-bond donors (Lipinski definition) is 4. The van der Waals surface area contributed by atoms with Gasteiger partial charge in [-0.1, -0.05) is 85.8 Å². The zero-order valence-corrected chi connectivity index (χ0v) is 41.2. The maximum atomic E-state index is 12.9. The number of carbonyl (C=O) groups is 3. The number of pyridine rings is 1. The quantitative estimate of drug-likeness (QED) is 0.0398. The number of carboxylic acid groups (broad SMARTS) is 2. The van der Waals surface area contributed by atoms with Crippen molar-refractivity contribution in [2.45, 2.75) is 40.0 Å². The molecule has 7 aromatic carbocycles. The van der Waals surface area contributed by atoms with Crippen LogP contribution in [0.25, 0.3) is 50.3 Å². The summed E-state index contributed by atoms with van der Waals surface area (Å²) >= 11 is 0. The summed E-state index contributed by atoms with van der Waals surface area (Å²) in [6.07, 6.45) is 6.25. The number of hydrogen-bond acceptors (Lipinski definition) is 8. The molecule has 5 N–H and O–H groups in total. The van der Waals surface area contributed by atoms with Crippen LogP contribution in [0.5, 0.6) is 11.5 Å². The molecular weight excluding hydrogens is 905 g/mol. The topological polar surface area (TPSA) is 182 Å². The molecule has 0 atom stereocenters. The molecule has 72 heavy (non-hydrogen) atoms. The Morgan fingerprint density at radius 2 is 1.33 bits per heavy atom. The van der Waals surface area contributed by atoms with Gasteiger partial charge in [0.25, 0.3) is 0 Å². The molecule has 0 spiro atoms. The number of fused-ring (bicyclic) bond motifs is 3. The van der Waals surface area contributed by atoms with E-state index >= 15 is 0 Å². The van der Waals surface area contributed by atoms with Crippen molar-refractivity contribution in [3.8, 4) is 17.2 Å². The normalized spacial score (nSPS) is 11.0. The predicted octanol–water partition coefficient (Wildman–Crippen LogP) is 11.3. The largest absolute Gasteiger partial charge is 0.872 e. The van der Waals surface area contributed by atoms with E-state index in [1.165, 1.54) is 57.1 Å². The highest BCUT2D eigenvalue weighted by Crippen LogP contribution is 2.38. The van der Waals surface area contributed by atoms with Gasteiger partial charge in [0.05, 0.1) is 17.7 Å². The first-order valence-electron chi connectivity index (χ1n) is 23.5.